The molecule has 12 heavy (non-hydrogen) atoms. The zero-order valence-corrected chi connectivity index (χ0v) is 7.55. The highest BCUT2D eigenvalue weighted by molar-refractivity contribution is 5.74. The number of amides is 2. The summed E-state index contributed by atoms with van der Waals surface area (Å²) in [4.78, 5) is 13.0. The lowest BCUT2D eigenvalue weighted by molar-refractivity contribution is 0.169. The van der Waals surface area contributed by atoms with Gasteiger partial charge in [0.25, 0.3) is 0 Å². The fourth-order valence-electron chi connectivity index (χ4n) is 1.50. The second-order valence-corrected chi connectivity index (χ2v) is 3.17. The molecule has 0 aliphatic carbocycles. The third-order valence-electron chi connectivity index (χ3n) is 2.26. The highest BCUT2D eigenvalue weighted by Gasteiger charge is 2.22. The van der Waals surface area contributed by atoms with E-state index in [0.29, 0.717) is 12.5 Å². The Morgan fingerprint density at radius 1 is 1.75 bits per heavy atom. The smallest absolute Gasteiger partial charge is 0.317 e. The molecule has 1 atom stereocenters. The van der Waals surface area contributed by atoms with E-state index in [1.165, 1.54) is 0 Å². The van der Waals surface area contributed by atoms with Crippen LogP contribution in [0.5, 0.6) is 0 Å². The molecule has 1 saturated heterocycles. The zero-order chi connectivity index (χ0) is 8.97. The summed E-state index contributed by atoms with van der Waals surface area (Å²) in [5.41, 5.74) is 5.45. The number of hydrogen-bond donors (Lipinski definition) is 2. The normalized spacial score (nSPS) is 24.0. The first-order chi connectivity index (χ1) is 5.77. The summed E-state index contributed by atoms with van der Waals surface area (Å²) >= 11 is 0. The van der Waals surface area contributed by atoms with E-state index < -0.39 is 0 Å². The van der Waals surface area contributed by atoms with E-state index in [2.05, 4.69) is 5.32 Å². The fraction of sp³-hybridized carbons (Fsp3) is 0.875. The summed E-state index contributed by atoms with van der Waals surface area (Å²) in [6.45, 7) is 5.13. The third-order valence-corrected chi connectivity index (χ3v) is 2.26. The Morgan fingerprint density at radius 3 is 3.08 bits per heavy atom. The lowest BCUT2D eigenvalue weighted by Crippen LogP contribution is -2.51. The quantitative estimate of drug-likeness (QED) is 0.627. The maximum atomic E-state index is 11.2. The van der Waals surface area contributed by atoms with Crippen molar-refractivity contribution in [1.82, 2.24) is 10.2 Å². The number of carbonyl (C=O) groups is 1. The molecule has 1 aliphatic rings. The van der Waals surface area contributed by atoms with Gasteiger partial charge in [-0.15, -0.1) is 0 Å². The molecule has 1 rings (SSSR count). The molecule has 0 saturated carbocycles. The third kappa shape index (κ3) is 2.11. The number of nitrogens with two attached hydrogens (primary N) is 1. The van der Waals surface area contributed by atoms with Crippen molar-refractivity contribution >= 4 is 6.03 Å². The minimum absolute atomic E-state index is 0.0609. The molecule has 1 aliphatic heterocycles. The van der Waals surface area contributed by atoms with Crippen molar-refractivity contribution in [2.45, 2.75) is 13.3 Å². The van der Waals surface area contributed by atoms with Gasteiger partial charge in [0.2, 0.25) is 0 Å². The lowest BCUT2D eigenvalue weighted by Gasteiger charge is -2.32. The monoisotopic (exact) mass is 171 g/mol. The van der Waals surface area contributed by atoms with E-state index in [1.54, 1.807) is 0 Å². The first-order valence-corrected chi connectivity index (χ1v) is 4.50. The molecule has 0 radical (unpaired) electrons. The number of carbonyl (C=O) groups excluding carboxylic acids is 1. The van der Waals surface area contributed by atoms with E-state index in [9.17, 15) is 4.79 Å². The molecule has 0 aromatic heterocycles. The molecular formula is C8H17N3O. The van der Waals surface area contributed by atoms with Gasteiger partial charge in [-0.3, -0.25) is 0 Å². The van der Waals surface area contributed by atoms with Gasteiger partial charge < -0.3 is 16.0 Å². The lowest BCUT2D eigenvalue weighted by atomic mass is 10.0. The number of nitrogens with one attached hydrogen (secondary N) is 1. The van der Waals surface area contributed by atoms with Crippen molar-refractivity contribution in [2.24, 2.45) is 11.7 Å². The number of hydrogen-bond acceptors (Lipinski definition) is 2. The van der Waals surface area contributed by atoms with Gasteiger partial charge in [0.15, 0.2) is 0 Å². The minimum atomic E-state index is 0.0609. The number of nitrogens with zero attached hydrogens (tertiary/aromatic N) is 1. The Kier molecular flexibility index (Phi) is 3.34. The van der Waals surface area contributed by atoms with Gasteiger partial charge in [-0.25, -0.2) is 4.79 Å². The van der Waals surface area contributed by atoms with Crippen LogP contribution in [-0.4, -0.2) is 37.1 Å². The summed E-state index contributed by atoms with van der Waals surface area (Å²) in [5.74, 6) is 0.535. The van der Waals surface area contributed by atoms with Gasteiger partial charge in [-0.2, -0.15) is 0 Å². The molecule has 0 bridgehead atoms. The Bertz CT molecular complexity index is 160. The minimum Gasteiger partial charge on any atom is -0.338 e. The Morgan fingerprint density at radius 2 is 2.50 bits per heavy atom. The number of rotatable bonds is 3. The van der Waals surface area contributed by atoms with E-state index in [4.69, 9.17) is 5.73 Å². The van der Waals surface area contributed by atoms with E-state index in [1.807, 2.05) is 11.8 Å². The molecule has 2 amide bonds. The second kappa shape index (κ2) is 4.30. The van der Waals surface area contributed by atoms with Crippen LogP contribution in [0.25, 0.3) is 0 Å². The Hall–Kier alpha value is -0.770. The van der Waals surface area contributed by atoms with Crippen molar-refractivity contribution in [3.8, 4) is 0 Å². The molecule has 1 fully saturated rings. The van der Waals surface area contributed by atoms with Gasteiger partial charge in [-0.05, 0) is 25.8 Å². The van der Waals surface area contributed by atoms with Crippen molar-refractivity contribution in [2.75, 3.05) is 26.2 Å². The van der Waals surface area contributed by atoms with Crippen LogP contribution in [-0.2, 0) is 0 Å². The summed E-state index contributed by atoms with van der Waals surface area (Å²) in [7, 11) is 0. The van der Waals surface area contributed by atoms with Crippen molar-refractivity contribution in [1.29, 1.82) is 0 Å². The summed E-state index contributed by atoms with van der Waals surface area (Å²) < 4.78 is 0. The summed E-state index contributed by atoms with van der Waals surface area (Å²) in [6, 6.07) is 0.0609. The molecule has 0 spiro atoms. The fourth-order valence-corrected chi connectivity index (χ4v) is 1.50. The second-order valence-electron chi connectivity index (χ2n) is 3.17. The molecule has 1 heterocycles. The summed E-state index contributed by atoms with van der Waals surface area (Å²) in [6.07, 6.45) is 0.997. The van der Waals surface area contributed by atoms with Crippen LogP contribution in [0.2, 0.25) is 0 Å². The van der Waals surface area contributed by atoms with Crippen LogP contribution in [0.4, 0.5) is 4.79 Å². The SMILES string of the molecule is CCN1CC(CCN)CNC1=O. The maximum absolute atomic E-state index is 11.2. The van der Waals surface area contributed by atoms with Crippen LogP contribution < -0.4 is 11.1 Å². The molecule has 70 valence electrons. The molecule has 0 aromatic carbocycles. The maximum Gasteiger partial charge on any atom is 0.317 e. The van der Waals surface area contributed by atoms with Gasteiger partial charge in [0.1, 0.15) is 0 Å². The van der Waals surface area contributed by atoms with E-state index >= 15 is 0 Å². The molecule has 4 heteroatoms. The van der Waals surface area contributed by atoms with Gasteiger partial charge in [0, 0.05) is 19.6 Å². The number of urea groups is 1. The topological polar surface area (TPSA) is 58.4 Å². The van der Waals surface area contributed by atoms with E-state index in [-0.39, 0.29) is 6.03 Å². The zero-order valence-electron chi connectivity index (χ0n) is 7.55. The average molecular weight is 171 g/mol. The van der Waals surface area contributed by atoms with Crippen LogP contribution >= 0.6 is 0 Å². The average Bonchev–Trinajstić information content (AvgIpc) is 2.09. The van der Waals surface area contributed by atoms with Crippen LogP contribution in [0.3, 0.4) is 0 Å². The van der Waals surface area contributed by atoms with E-state index in [0.717, 1.165) is 26.1 Å². The largest absolute Gasteiger partial charge is 0.338 e. The summed E-state index contributed by atoms with van der Waals surface area (Å²) in [5, 5.41) is 2.85. The van der Waals surface area contributed by atoms with Gasteiger partial charge in [0.05, 0.1) is 0 Å². The molecule has 0 aromatic rings. The predicted molar refractivity (Wildman–Crippen MR) is 47.8 cm³/mol. The van der Waals surface area contributed by atoms with Crippen molar-refractivity contribution in [3.63, 3.8) is 0 Å². The van der Waals surface area contributed by atoms with Crippen molar-refractivity contribution in [3.05, 3.63) is 0 Å². The van der Waals surface area contributed by atoms with Crippen LogP contribution in [0, 0.1) is 5.92 Å². The Balaban J connectivity index is 2.38. The highest BCUT2D eigenvalue weighted by atomic mass is 16.2. The standard InChI is InChI=1S/C8H17N3O/c1-2-11-6-7(3-4-9)5-10-8(11)12/h7H,2-6,9H2,1H3,(H,10,12). The molecular weight excluding hydrogens is 154 g/mol. The first kappa shape index (κ1) is 9.32. The van der Waals surface area contributed by atoms with Crippen LogP contribution in [0.15, 0.2) is 0 Å². The molecule has 3 N–H and O–H groups in total. The van der Waals surface area contributed by atoms with Crippen LogP contribution in [0.1, 0.15) is 13.3 Å². The van der Waals surface area contributed by atoms with Gasteiger partial charge in [-0.1, -0.05) is 0 Å². The first-order valence-electron chi connectivity index (χ1n) is 4.50. The Labute approximate surface area is 73.1 Å². The highest BCUT2D eigenvalue weighted by Crippen LogP contribution is 2.08. The van der Waals surface area contributed by atoms with Gasteiger partial charge >= 0.3 is 6.03 Å². The predicted octanol–water partition coefficient (Wildman–Crippen LogP) is -0.00350. The van der Waals surface area contributed by atoms with Crippen molar-refractivity contribution < 1.29 is 4.79 Å². The molecule has 1 unspecified atom stereocenters. The molecule has 4 nitrogen and oxygen atoms in total.